The van der Waals surface area contributed by atoms with E-state index in [-0.39, 0.29) is 0 Å². The molecule has 0 saturated carbocycles. The lowest BCUT2D eigenvalue weighted by Gasteiger charge is -2.06. The number of ether oxygens (including phenoxy) is 2. The van der Waals surface area contributed by atoms with Crippen molar-refractivity contribution in [2.24, 2.45) is 0 Å². The number of benzene rings is 2. The van der Waals surface area contributed by atoms with Crippen molar-refractivity contribution in [1.82, 2.24) is 9.97 Å². The summed E-state index contributed by atoms with van der Waals surface area (Å²) in [6, 6.07) is 11.4. The van der Waals surface area contributed by atoms with Crippen LogP contribution in [0.5, 0.6) is 11.5 Å². The minimum Gasteiger partial charge on any atom is -0.493 e. The number of nitrogens with zero attached hydrogens (tertiary/aromatic N) is 1. The Labute approximate surface area is 133 Å². The average Bonchev–Trinajstić information content (AvgIpc) is 2.94. The van der Waals surface area contributed by atoms with Crippen LogP contribution in [0.2, 0.25) is 5.02 Å². The van der Waals surface area contributed by atoms with Crippen LogP contribution in [-0.2, 0) is 6.54 Å². The Morgan fingerprint density at radius 2 is 1.86 bits per heavy atom. The Hall–Kier alpha value is -2.40. The SMILES string of the molecule is COc1cc2nc(NCc3ccccc3Cl)[nH]c2cc1OC. The van der Waals surface area contributed by atoms with Crippen molar-refractivity contribution >= 4 is 28.6 Å². The molecule has 0 spiro atoms. The number of hydrogen-bond acceptors (Lipinski definition) is 4. The normalized spacial score (nSPS) is 10.7. The largest absolute Gasteiger partial charge is 0.493 e. The molecular formula is C16H16ClN3O2. The molecule has 0 atom stereocenters. The Morgan fingerprint density at radius 3 is 2.59 bits per heavy atom. The number of rotatable bonds is 5. The Balaban J connectivity index is 1.84. The number of nitrogens with one attached hydrogen (secondary N) is 2. The average molecular weight is 318 g/mol. The molecule has 5 nitrogen and oxygen atoms in total. The number of halogens is 1. The fourth-order valence-electron chi connectivity index (χ4n) is 2.24. The van der Waals surface area contributed by atoms with E-state index in [2.05, 4.69) is 15.3 Å². The zero-order valence-corrected chi connectivity index (χ0v) is 13.1. The number of aromatic nitrogens is 2. The second-order valence-corrected chi connectivity index (χ2v) is 5.16. The maximum absolute atomic E-state index is 6.14. The molecule has 1 aromatic heterocycles. The van der Waals surface area contributed by atoms with Gasteiger partial charge < -0.3 is 19.8 Å². The summed E-state index contributed by atoms with van der Waals surface area (Å²) in [5, 5.41) is 3.96. The second kappa shape index (κ2) is 6.15. The number of aromatic amines is 1. The first-order valence-corrected chi connectivity index (χ1v) is 7.18. The lowest BCUT2D eigenvalue weighted by Crippen LogP contribution is -2.01. The van der Waals surface area contributed by atoms with Crippen LogP contribution in [0.15, 0.2) is 36.4 Å². The summed E-state index contributed by atoms with van der Waals surface area (Å²) in [5.74, 6) is 1.99. The van der Waals surface area contributed by atoms with Crippen molar-refractivity contribution in [2.45, 2.75) is 6.54 Å². The topological polar surface area (TPSA) is 59.2 Å². The molecule has 0 bridgehead atoms. The van der Waals surface area contributed by atoms with Crippen LogP contribution in [-0.4, -0.2) is 24.2 Å². The van der Waals surface area contributed by atoms with Crippen LogP contribution >= 0.6 is 11.6 Å². The lowest BCUT2D eigenvalue weighted by molar-refractivity contribution is 0.356. The van der Waals surface area contributed by atoms with E-state index in [1.54, 1.807) is 14.2 Å². The maximum Gasteiger partial charge on any atom is 0.201 e. The number of methoxy groups -OCH3 is 2. The lowest BCUT2D eigenvalue weighted by atomic mass is 10.2. The van der Waals surface area contributed by atoms with Crippen LogP contribution < -0.4 is 14.8 Å². The second-order valence-electron chi connectivity index (χ2n) is 4.75. The van der Waals surface area contributed by atoms with Crippen LogP contribution in [0, 0.1) is 0 Å². The third-order valence-corrected chi connectivity index (χ3v) is 3.76. The molecular weight excluding hydrogens is 302 g/mol. The molecule has 114 valence electrons. The zero-order chi connectivity index (χ0) is 15.5. The predicted molar refractivity (Wildman–Crippen MR) is 88.0 cm³/mol. The highest BCUT2D eigenvalue weighted by Gasteiger charge is 2.10. The van der Waals surface area contributed by atoms with E-state index in [0.717, 1.165) is 21.6 Å². The van der Waals surface area contributed by atoms with Crippen molar-refractivity contribution in [3.05, 3.63) is 47.0 Å². The van der Waals surface area contributed by atoms with E-state index in [1.807, 2.05) is 36.4 Å². The molecule has 0 radical (unpaired) electrons. The molecule has 0 amide bonds. The van der Waals surface area contributed by atoms with Gasteiger partial charge in [0.15, 0.2) is 11.5 Å². The highest BCUT2D eigenvalue weighted by atomic mass is 35.5. The van der Waals surface area contributed by atoms with E-state index >= 15 is 0 Å². The first-order chi connectivity index (χ1) is 10.7. The fraction of sp³-hybridized carbons (Fsp3) is 0.188. The van der Waals surface area contributed by atoms with E-state index in [1.165, 1.54) is 0 Å². The Morgan fingerprint density at radius 1 is 1.14 bits per heavy atom. The molecule has 22 heavy (non-hydrogen) atoms. The van der Waals surface area contributed by atoms with Crippen molar-refractivity contribution < 1.29 is 9.47 Å². The summed E-state index contributed by atoms with van der Waals surface area (Å²) in [6.07, 6.45) is 0. The molecule has 1 heterocycles. The van der Waals surface area contributed by atoms with Crippen molar-refractivity contribution in [3.8, 4) is 11.5 Å². The van der Waals surface area contributed by atoms with Crippen LogP contribution in [0.3, 0.4) is 0 Å². The van der Waals surface area contributed by atoms with Gasteiger partial charge >= 0.3 is 0 Å². The van der Waals surface area contributed by atoms with Gasteiger partial charge in [-0.1, -0.05) is 29.8 Å². The van der Waals surface area contributed by atoms with Gasteiger partial charge in [-0.2, -0.15) is 0 Å². The molecule has 0 aliphatic rings. The quantitative estimate of drug-likeness (QED) is 0.750. The van der Waals surface area contributed by atoms with Crippen molar-refractivity contribution in [3.63, 3.8) is 0 Å². The molecule has 2 N–H and O–H groups in total. The van der Waals surface area contributed by atoms with Crippen LogP contribution in [0.1, 0.15) is 5.56 Å². The summed E-state index contributed by atoms with van der Waals surface area (Å²) >= 11 is 6.14. The molecule has 3 aromatic rings. The molecule has 6 heteroatoms. The number of imidazole rings is 1. The van der Waals surface area contributed by atoms with Crippen molar-refractivity contribution in [1.29, 1.82) is 0 Å². The summed E-state index contributed by atoms with van der Waals surface area (Å²) in [4.78, 5) is 7.71. The van der Waals surface area contributed by atoms with Crippen LogP contribution in [0.4, 0.5) is 5.95 Å². The van der Waals surface area contributed by atoms with Gasteiger partial charge in [0, 0.05) is 23.7 Å². The number of hydrogen-bond donors (Lipinski definition) is 2. The number of fused-ring (bicyclic) bond motifs is 1. The molecule has 0 aliphatic heterocycles. The Kier molecular flexibility index (Phi) is 4.06. The van der Waals surface area contributed by atoms with Gasteiger partial charge in [0.05, 0.1) is 25.3 Å². The maximum atomic E-state index is 6.14. The first-order valence-electron chi connectivity index (χ1n) is 6.80. The van der Waals surface area contributed by atoms with Crippen LogP contribution in [0.25, 0.3) is 11.0 Å². The number of anilines is 1. The highest BCUT2D eigenvalue weighted by Crippen LogP contribution is 2.31. The van der Waals surface area contributed by atoms with E-state index < -0.39 is 0 Å². The predicted octanol–water partition coefficient (Wildman–Crippen LogP) is 3.85. The third-order valence-electron chi connectivity index (χ3n) is 3.39. The van der Waals surface area contributed by atoms with Gasteiger partial charge in [0.25, 0.3) is 0 Å². The van der Waals surface area contributed by atoms with Gasteiger partial charge in [0.2, 0.25) is 5.95 Å². The van der Waals surface area contributed by atoms with Gasteiger partial charge in [-0.25, -0.2) is 4.98 Å². The third kappa shape index (κ3) is 2.80. The summed E-state index contributed by atoms with van der Waals surface area (Å²) in [6.45, 7) is 0.591. The molecule has 0 aliphatic carbocycles. The van der Waals surface area contributed by atoms with Gasteiger partial charge in [0.1, 0.15) is 0 Å². The van der Waals surface area contributed by atoms with Gasteiger partial charge in [-0.15, -0.1) is 0 Å². The molecule has 0 fully saturated rings. The molecule has 0 saturated heterocycles. The molecule has 2 aromatic carbocycles. The smallest absolute Gasteiger partial charge is 0.201 e. The molecule has 0 unspecified atom stereocenters. The van der Waals surface area contributed by atoms with E-state index in [4.69, 9.17) is 21.1 Å². The van der Waals surface area contributed by atoms with E-state index in [0.29, 0.717) is 24.0 Å². The first kappa shape index (κ1) is 14.5. The fourth-order valence-corrected chi connectivity index (χ4v) is 2.44. The molecule has 3 rings (SSSR count). The standard InChI is InChI=1S/C16H16ClN3O2/c1-21-14-7-12-13(8-15(14)22-2)20-16(19-12)18-9-10-5-3-4-6-11(10)17/h3-8H,9H2,1-2H3,(H2,18,19,20). The summed E-state index contributed by atoms with van der Waals surface area (Å²) < 4.78 is 10.6. The van der Waals surface area contributed by atoms with Gasteiger partial charge in [-0.05, 0) is 11.6 Å². The Bertz CT molecular complexity index is 760. The number of H-pyrrole nitrogens is 1. The zero-order valence-electron chi connectivity index (χ0n) is 12.3. The monoisotopic (exact) mass is 317 g/mol. The van der Waals surface area contributed by atoms with E-state index in [9.17, 15) is 0 Å². The van der Waals surface area contributed by atoms with Crippen molar-refractivity contribution in [2.75, 3.05) is 19.5 Å². The minimum atomic E-state index is 0.591. The summed E-state index contributed by atoms with van der Waals surface area (Å²) in [7, 11) is 3.21. The van der Waals surface area contributed by atoms with Gasteiger partial charge in [-0.3, -0.25) is 0 Å². The minimum absolute atomic E-state index is 0.591. The summed E-state index contributed by atoms with van der Waals surface area (Å²) in [5.41, 5.74) is 2.69. The highest BCUT2D eigenvalue weighted by molar-refractivity contribution is 6.31.